The lowest BCUT2D eigenvalue weighted by atomic mass is 9.92. The fourth-order valence-electron chi connectivity index (χ4n) is 2.19. The third-order valence-corrected chi connectivity index (χ3v) is 3.24. The number of allylic oxidation sites excluding steroid dienone is 1. The predicted octanol–water partition coefficient (Wildman–Crippen LogP) is 2.85. The van der Waals surface area contributed by atoms with Gasteiger partial charge in [-0.05, 0) is 25.3 Å². The molecule has 0 aliphatic carbocycles. The Bertz CT molecular complexity index is 262. The second-order valence-electron chi connectivity index (χ2n) is 4.12. The van der Waals surface area contributed by atoms with Crippen LogP contribution in [0.15, 0.2) is 11.1 Å². The molecule has 16 heavy (non-hydrogen) atoms. The minimum atomic E-state index is -0.552. The largest absolute Gasteiger partial charge is 0.344 e. The molecule has 1 aliphatic rings. The third kappa shape index (κ3) is 2.71. The summed E-state index contributed by atoms with van der Waals surface area (Å²) in [5, 5.41) is 0. The maximum Gasteiger partial charge on any atom is 0.190 e. The van der Waals surface area contributed by atoms with E-state index in [1.165, 1.54) is 11.1 Å². The van der Waals surface area contributed by atoms with Gasteiger partial charge in [0.25, 0.3) is 0 Å². The molecular weight excluding hydrogens is 204 g/mol. The lowest BCUT2D eigenvalue weighted by Crippen LogP contribution is -2.32. The molecule has 0 radical (unpaired) electrons. The molecule has 1 rings (SSSR count). The van der Waals surface area contributed by atoms with Crippen LogP contribution in [0.3, 0.4) is 0 Å². The number of hydrogen-bond acceptors (Lipinski definition) is 3. The fourth-order valence-corrected chi connectivity index (χ4v) is 2.19. The highest BCUT2D eigenvalue weighted by Gasteiger charge is 2.38. The Hall–Kier alpha value is -0.670. The Morgan fingerprint density at radius 3 is 2.38 bits per heavy atom. The first kappa shape index (κ1) is 13.4. The maximum absolute atomic E-state index is 10.5. The molecule has 1 fully saturated rings. The number of carbonyl (C=O) groups excluding carboxylic acids is 1. The van der Waals surface area contributed by atoms with Crippen LogP contribution in [0.4, 0.5) is 0 Å². The molecule has 0 saturated carbocycles. The van der Waals surface area contributed by atoms with Crippen molar-refractivity contribution in [3.8, 4) is 0 Å². The van der Waals surface area contributed by atoms with E-state index in [1.54, 1.807) is 0 Å². The predicted molar refractivity (Wildman–Crippen MR) is 63.2 cm³/mol. The quantitative estimate of drug-likeness (QED) is 0.516. The van der Waals surface area contributed by atoms with Crippen LogP contribution in [-0.2, 0) is 14.3 Å². The monoisotopic (exact) mass is 226 g/mol. The van der Waals surface area contributed by atoms with Crippen LogP contribution < -0.4 is 0 Å². The van der Waals surface area contributed by atoms with Gasteiger partial charge in [0.15, 0.2) is 5.79 Å². The van der Waals surface area contributed by atoms with Crippen LogP contribution in [-0.4, -0.2) is 25.3 Å². The summed E-state index contributed by atoms with van der Waals surface area (Å²) in [6, 6.07) is 0. The van der Waals surface area contributed by atoms with Gasteiger partial charge in [-0.2, -0.15) is 0 Å². The Kier molecular flexibility index (Phi) is 5.16. The van der Waals surface area contributed by atoms with Crippen molar-refractivity contribution < 1.29 is 14.3 Å². The summed E-state index contributed by atoms with van der Waals surface area (Å²) in [6.07, 6.45) is 4.03. The number of rotatable bonds is 6. The molecule has 0 spiro atoms. The first-order chi connectivity index (χ1) is 7.70. The van der Waals surface area contributed by atoms with Crippen molar-refractivity contribution in [2.24, 2.45) is 0 Å². The van der Waals surface area contributed by atoms with Gasteiger partial charge < -0.3 is 14.3 Å². The van der Waals surface area contributed by atoms with Crippen molar-refractivity contribution in [3.05, 3.63) is 11.1 Å². The smallest absolute Gasteiger partial charge is 0.190 e. The summed E-state index contributed by atoms with van der Waals surface area (Å²) in [5.41, 5.74) is 2.45. The minimum Gasteiger partial charge on any atom is -0.344 e. The highest BCUT2D eigenvalue weighted by atomic mass is 16.7. The molecule has 0 aromatic carbocycles. The zero-order valence-corrected chi connectivity index (χ0v) is 10.5. The summed E-state index contributed by atoms with van der Waals surface area (Å²) in [5.74, 6) is -0.552. The number of hydrogen-bond donors (Lipinski definition) is 0. The Balaban J connectivity index is 2.93. The molecule has 0 N–H and O–H groups in total. The van der Waals surface area contributed by atoms with Gasteiger partial charge in [-0.25, -0.2) is 0 Å². The maximum atomic E-state index is 10.5. The van der Waals surface area contributed by atoms with Gasteiger partial charge in [-0.1, -0.05) is 19.4 Å². The molecule has 1 saturated heterocycles. The fraction of sp³-hybridized carbons (Fsp3) is 0.769. The van der Waals surface area contributed by atoms with Gasteiger partial charge in [0, 0.05) is 12.8 Å². The Morgan fingerprint density at radius 1 is 1.31 bits per heavy atom. The van der Waals surface area contributed by atoms with Gasteiger partial charge >= 0.3 is 0 Å². The Labute approximate surface area is 97.8 Å². The van der Waals surface area contributed by atoms with E-state index in [0.717, 1.165) is 25.5 Å². The van der Waals surface area contributed by atoms with E-state index < -0.39 is 5.79 Å². The standard InChI is InChI=1S/C13H22O3/c1-4-11(3)12(7-6-8-14)13(5-2)15-9-10-16-13/h8H,4-7,9-10H2,1-3H3/b12-11-. The summed E-state index contributed by atoms with van der Waals surface area (Å²) in [7, 11) is 0. The molecule has 3 nitrogen and oxygen atoms in total. The van der Waals surface area contributed by atoms with E-state index in [0.29, 0.717) is 19.6 Å². The molecule has 92 valence electrons. The normalized spacial score (nSPS) is 20.7. The highest BCUT2D eigenvalue weighted by molar-refractivity contribution is 5.50. The van der Waals surface area contributed by atoms with Crippen LogP contribution in [0.2, 0.25) is 0 Å². The van der Waals surface area contributed by atoms with Crippen LogP contribution in [0, 0.1) is 0 Å². The Morgan fingerprint density at radius 2 is 1.94 bits per heavy atom. The van der Waals surface area contributed by atoms with E-state index in [-0.39, 0.29) is 0 Å². The van der Waals surface area contributed by atoms with E-state index in [9.17, 15) is 4.79 Å². The van der Waals surface area contributed by atoms with E-state index in [1.807, 2.05) is 0 Å². The van der Waals surface area contributed by atoms with Crippen LogP contribution in [0.1, 0.15) is 46.5 Å². The summed E-state index contributed by atoms with van der Waals surface area (Å²) in [6.45, 7) is 7.58. The van der Waals surface area contributed by atoms with Gasteiger partial charge in [0.1, 0.15) is 6.29 Å². The van der Waals surface area contributed by atoms with Crippen molar-refractivity contribution >= 4 is 6.29 Å². The molecule has 1 aliphatic heterocycles. The molecule has 0 aromatic rings. The average Bonchev–Trinajstić information content (AvgIpc) is 2.79. The summed E-state index contributed by atoms with van der Waals surface area (Å²) >= 11 is 0. The van der Waals surface area contributed by atoms with Crippen molar-refractivity contribution in [2.75, 3.05) is 13.2 Å². The second-order valence-corrected chi connectivity index (χ2v) is 4.12. The number of carbonyl (C=O) groups is 1. The van der Waals surface area contributed by atoms with Crippen molar-refractivity contribution in [1.29, 1.82) is 0 Å². The zero-order chi connectivity index (χ0) is 12.0. The van der Waals surface area contributed by atoms with E-state index in [2.05, 4.69) is 20.8 Å². The molecule has 0 amide bonds. The first-order valence-corrected chi connectivity index (χ1v) is 6.10. The van der Waals surface area contributed by atoms with Gasteiger partial charge in [-0.3, -0.25) is 0 Å². The van der Waals surface area contributed by atoms with Gasteiger partial charge in [0.2, 0.25) is 0 Å². The van der Waals surface area contributed by atoms with E-state index in [4.69, 9.17) is 9.47 Å². The van der Waals surface area contributed by atoms with Gasteiger partial charge in [0.05, 0.1) is 13.2 Å². The lowest BCUT2D eigenvalue weighted by Gasteiger charge is -2.30. The molecule has 1 heterocycles. The van der Waals surface area contributed by atoms with Crippen molar-refractivity contribution in [3.63, 3.8) is 0 Å². The summed E-state index contributed by atoms with van der Waals surface area (Å²) in [4.78, 5) is 10.5. The van der Waals surface area contributed by atoms with Crippen LogP contribution in [0.25, 0.3) is 0 Å². The zero-order valence-electron chi connectivity index (χ0n) is 10.5. The molecule has 0 unspecified atom stereocenters. The topological polar surface area (TPSA) is 35.5 Å². The number of ether oxygens (including phenoxy) is 2. The van der Waals surface area contributed by atoms with Gasteiger partial charge in [-0.15, -0.1) is 0 Å². The third-order valence-electron chi connectivity index (χ3n) is 3.24. The number of aldehydes is 1. The van der Waals surface area contributed by atoms with E-state index >= 15 is 0 Å². The average molecular weight is 226 g/mol. The molecular formula is C13H22O3. The molecule has 0 aromatic heterocycles. The first-order valence-electron chi connectivity index (χ1n) is 6.10. The van der Waals surface area contributed by atoms with Crippen LogP contribution >= 0.6 is 0 Å². The lowest BCUT2D eigenvalue weighted by molar-refractivity contribution is -0.130. The second kappa shape index (κ2) is 6.16. The minimum absolute atomic E-state index is 0.543. The molecule has 0 bridgehead atoms. The van der Waals surface area contributed by atoms with Crippen LogP contribution in [0.5, 0.6) is 0 Å². The van der Waals surface area contributed by atoms with Crippen molar-refractivity contribution in [1.82, 2.24) is 0 Å². The van der Waals surface area contributed by atoms with Crippen molar-refractivity contribution in [2.45, 2.75) is 52.2 Å². The molecule has 0 atom stereocenters. The SMILES string of the molecule is CC/C(C)=C(/CCC=O)C1(CC)OCCO1. The molecule has 3 heteroatoms. The summed E-state index contributed by atoms with van der Waals surface area (Å²) < 4.78 is 11.6. The highest BCUT2D eigenvalue weighted by Crippen LogP contribution is 2.36.